The van der Waals surface area contributed by atoms with Crippen LogP contribution in [0, 0.1) is 23.7 Å². The summed E-state index contributed by atoms with van der Waals surface area (Å²) in [7, 11) is 6.82. The minimum Gasteiger partial charge on any atom is -0.379 e. The maximum atomic E-state index is 14.4. The average Bonchev–Trinajstić information content (AvgIpc) is 3.65. The Labute approximate surface area is 357 Å². The Bertz CT molecular complexity index is 1450. The molecule has 1 aromatic carbocycles. The number of likely N-dealkylation sites (N-methyl/N-ethyl adjacent to an activating group) is 2. The monoisotopic (exact) mass is 831 g/mol. The summed E-state index contributed by atoms with van der Waals surface area (Å²) < 4.78 is 12.1. The number of ether oxygens (including phenoxy) is 2. The number of benzene rings is 1. The van der Waals surface area contributed by atoms with Gasteiger partial charge in [-0.2, -0.15) is 0 Å². The van der Waals surface area contributed by atoms with Crippen LogP contribution in [0.2, 0.25) is 0 Å². The van der Waals surface area contributed by atoms with Gasteiger partial charge in [-0.3, -0.25) is 29.4 Å². The Balaban J connectivity index is 2.32. The molecule has 13 nitrogen and oxygen atoms in total. The number of amides is 4. The third-order valence-electron chi connectivity index (χ3n) is 12.2. The molecule has 1 heterocycles. The molecule has 0 spiro atoms. The molecule has 59 heavy (non-hydrogen) atoms. The normalized spacial score (nSPS) is 19.5. The number of carbonyl (C=O) groups excluding carboxylic acids is 4. The lowest BCUT2D eigenvalue weighted by Gasteiger charge is -2.41. The number of nitrogens with one attached hydrogen (secondary N) is 3. The second-order valence-electron chi connectivity index (χ2n) is 18.9. The summed E-state index contributed by atoms with van der Waals surface area (Å²) in [6.45, 7) is 24.3. The fourth-order valence-electron chi connectivity index (χ4n) is 8.52. The molecule has 338 valence electrons. The number of likely N-dealkylation sites (tertiary alicyclic amines) is 1. The Morgan fingerprint density at radius 1 is 0.898 bits per heavy atom. The van der Waals surface area contributed by atoms with E-state index in [9.17, 15) is 24.3 Å². The van der Waals surface area contributed by atoms with Crippen molar-refractivity contribution in [2.45, 2.75) is 175 Å². The van der Waals surface area contributed by atoms with Crippen LogP contribution in [0.4, 0.5) is 0 Å². The summed E-state index contributed by atoms with van der Waals surface area (Å²) in [5.41, 5.74) is 0.583. The van der Waals surface area contributed by atoms with E-state index < -0.39 is 54.1 Å². The summed E-state index contributed by atoms with van der Waals surface area (Å²) in [4.78, 5) is 62.1. The van der Waals surface area contributed by atoms with E-state index in [0.29, 0.717) is 19.4 Å². The van der Waals surface area contributed by atoms with E-state index in [4.69, 9.17) is 9.47 Å². The van der Waals surface area contributed by atoms with Gasteiger partial charge in [0.15, 0.2) is 0 Å². The molecule has 2 rings (SSSR count). The lowest BCUT2D eigenvalue weighted by molar-refractivity contribution is -0.148. The molecule has 0 saturated carbocycles. The predicted molar refractivity (Wildman–Crippen MR) is 235 cm³/mol. The van der Waals surface area contributed by atoms with E-state index in [1.165, 1.54) is 0 Å². The Kier molecular flexibility index (Phi) is 21.0. The molecule has 1 fully saturated rings. The second kappa shape index (κ2) is 23.8. The molecule has 13 heteroatoms. The number of carbonyl (C=O) groups is 4. The van der Waals surface area contributed by atoms with Gasteiger partial charge in [-0.05, 0) is 84.2 Å². The van der Waals surface area contributed by atoms with Gasteiger partial charge < -0.3 is 35.0 Å². The molecule has 1 aliphatic heterocycles. The van der Waals surface area contributed by atoms with Crippen molar-refractivity contribution in [3.8, 4) is 0 Å². The highest BCUT2D eigenvalue weighted by Crippen LogP contribution is 2.30. The van der Waals surface area contributed by atoms with Crippen LogP contribution < -0.4 is 16.0 Å². The first-order valence-corrected chi connectivity index (χ1v) is 21.9. The van der Waals surface area contributed by atoms with Gasteiger partial charge in [0, 0.05) is 39.4 Å². The number of methoxy groups -OCH3 is 2. The molecule has 2 unspecified atom stereocenters. The van der Waals surface area contributed by atoms with Crippen molar-refractivity contribution in [3.05, 3.63) is 35.9 Å². The number of rotatable bonds is 23. The van der Waals surface area contributed by atoms with Crippen LogP contribution >= 0.6 is 0 Å². The molecule has 10 atom stereocenters. The van der Waals surface area contributed by atoms with Crippen molar-refractivity contribution >= 4 is 23.6 Å². The van der Waals surface area contributed by atoms with Crippen molar-refractivity contribution < 1.29 is 33.8 Å². The molecule has 0 radical (unpaired) electrons. The zero-order valence-corrected chi connectivity index (χ0v) is 39.4. The van der Waals surface area contributed by atoms with Gasteiger partial charge in [-0.1, -0.05) is 85.2 Å². The van der Waals surface area contributed by atoms with E-state index in [-0.39, 0.29) is 59.9 Å². The van der Waals surface area contributed by atoms with Crippen LogP contribution in [0.5, 0.6) is 0 Å². The van der Waals surface area contributed by atoms with Gasteiger partial charge >= 0.3 is 0 Å². The van der Waals surface area contributed by atoms with Gasteiger partial charge in [0.05, 0.1) is 48.7 Å². The molecular formula is C46H82N6O7. The topological polar surface area (TPSA) is 153 Å². The van der Waals surface area contributed by atoms with Crippen LogP contribution in [-0.4, -0.2) is 139 Å². The SMILES string of the molecule is CC[C@H](C)[C@@H](C(CC(=O)N1CCC[C@H]1[C@H](OC)[C@@H](C)C(=O)N[C@@H](Cc1ccccc1)C(O)NC(C)(C)C)OC)N(C)C(=O)[C@@H](NC(=O)[C@H](C(C)C)N(C)C(C)C)C(C)C. The first-order chi connectivity index (χ1) is 27.5. The van der Waals surface area contributed by atoms with Crippen molar-refractivity contribution in [2.24, 2.45) is 23.7 Å². The maximum Gasteiger partial charge on any atom is 0.245 e. The summed E-state index contributed by atoms with van der Waals surface area (Å²) >= 11 is 0. The van der Waals surface area contributed by atoms with Crippen LogP contribution in [0.1, 0.15) is 114 Å². The van der Waals surface area contributed by atoms with Gasteiger partial charge in [0.2, 0.25) is 23.6 Å². The fourth-order valence-corrected chi connectivity index (χ4v) is 8.52. The highest BCUT2D eigenvalue weighted by atomic mass is 16.5. The third kappa shape index (κ3) is 14.8. The summed E-state index contributed by atoms with van der Waals surface area (Å²) in [6.07, 6.45) is 0.327. The van der Waals surface area contributed by atoms with Gasteiger partial charge in [0.1, 0.15) is 12.3 Å². The number of aliphatic hydroxyl groups is 1. The molecular weight excluding hydrogens is 749 g/mol. The van der Waals surface area contributed by atoms with E-state index >= 15 is 0 Å². The lowest BCUT2D eigenvalue weighted by Crippen LogP contribution is -2.60. The van der Waals surface area contributed by atoms with Gasteiger partial charge in [-0.25, -0.2) is 0 Å². The third-order valence-corrected chi connectivity index (χ3v) is 12.2. The molecule has 1 aromatic rings. The molecule has 0 aromatic heterocycles. The Morgan fingerprint density at radius 3 is 2.00 bits per heavy atom. The number of aliphatic hydroxyl groups excluding tert-OH is 1. The van der Waals surface area contributed by atoms with Crippen molar-refractivity contribution in [1.29, 1.82) is 0 Å². The Morgan fingerprint density at radius 2 is 1.51 bits per heavy atom. The van der Waals surface area contributed by atoms with E-state index in [0.717, 1.165) is 18.4 Å². The standard InChI is InChI=1S/C46H82N6O7/c1-17-31(8)40(51(14)45(57)38(28(2)3)48-44(56)39(29(4)5)50(13)30(6)7)36(58-15)27-37(53)52-25-21-24-35(52)41(59-16)32(9)42(54)47-34(43(55)49-46(10,11)12)26-33-22-19-18-20-23-33/h18-20,22-23,28-32,34-36,38-41,43,49,55H,17,21,24-27H2,1-16H3,(H,47,54)(H,48,56)/t31-,32+,34-,35-,36?,38-,39-,40-,41+,43?/m0/s1. The van der Waals surface area contributed by atoms with Crippen LogP contribution in [0.15, 0.2) is 30.3 Å². The van der Waals surface area contributed by atoms with Gasteiger partial charge in [0.25, 0.3) is 0 Å². The molecule has 4 N–H and O–H groups in total. The Hall–Kier alpha value is -3.10. The highest BCUT2D eigenvalue weighted by molar-refractivity contribution is 5.90. The molecule has 4 amide bonds. The van der Waals surface area contributed by atoms with E-state index in [1.807, 2.05) is 109 Å². The minimum atomic E-state index is -1.01. The second-order valence-corrected chi connectivity index (χ2v) is 18.9. The predicted octanol–water partition coefficient (Wildman–Crippen LogP) is 4.85. The maximum absolute atomic E-state index is 14.4. The zero-order valence-electron chi connectivity index (χ0n) is 39.4. The average molecular weight is 831 g/mol. The lowest BCUT2D eigenvalue weighted by atomic mass is 9.89. The highest BCUT2D eigenvalue weighted by Gasteiger charge is 2.43. The largest absolute Gasteiger partial charge is 0.379 e. The number of hydrogen-bond acceptors (Lipinski definition) is 9. The number of hydrogen-bond donors (Lipinski definition) is 4. The summed E-state index contributed by atoms with van der Waals surface area (Å²) in [5, 5.41) is 20.6. The van der Waals surface area contributed by atoms with Crippen LogP contribution in [0.3, 0.4) is 0 Å². The zero-order chi connectivity index (χ0) is 44.9. The molecule has 0 aliphatic carbocycles. The first kappa shape index (κ1) is 52.0. The van der Waals surface area contributed by atoms with E-state index in [1.54, 1.807) is 33.1 Å². The molecule has 1 saturated heterocycles. The van der Waals surface area contributed by atoms with Crippen molar-refractivity contribution in [1.82, 2.24) is 30.7 Å². The minimum absolute atomic E-state index is 0.0216. The van der Waals surface area contributed by atoms with E-state index in [2.05, 4.69) is 29.8 Å². The smallest absolute Gasteiger partial charge is 0.245 e. The quantitative estimate of drug-likeness (QED) is 0.114. The molecule has 0 bridgehead atoms. The van der Waals surface area contributed by atoms with Crippen LogP contribution in [-0.2, 0) is 35.1 Å². The fraction of sp³-hybridized carbons (Fsp3) is 0.783. The van der Waals surface area contributed by atoms with Crippen molar-refractivity contribution in [3.63, 3.8) is 0 Å². The van der Waals surface area contributed by atoms with Gasteiger partial charge in [-0.15, -0.1) is 0 Å². The van der Waals surface area contributed by atoms with Crippen LogP contribution in [0.25, 0.3) is 0 Å². The number of nitrogens with zero attached hydrogens (tertiary/aromatic N) is 3. The summed E-state index contributed by atoms with van der Waals surface area (Å²) in [5.74, 6) is -1.66. The van der Waals surface area contributed by atoms with Crippen molar-refractivity contribution in [2.75, 3.05) is 34.9 Å². The first-order valence-electron chi connectivity index (χ1n) is 21.9. The molecule has 1 aliphatic rings. The summed E-state index contributed by atoms with van der Waals surface area (Å²) in [6, 6.07) is 7.24.